The van der Waals surface area contributed by atoms with E-state index >= 15 is 0 Å². The lowest BCUT2D eigenvalue weighted by Crippen LogP contribution is -1.88. The summed E-state index contributed by atoms with van der Waals surface area (Å²) >= 11 is 5.99. The number of nitrogens with zero attached hydrogens (tertiary/aromatic N) is 1. The number of rotatable bonds is 1. The summed E-state index contributed by atoms with van der Waals surface area (Å²) in [6.45, 7) is 0. The molecule has 0 spiro atoms. The smallest absolute Gasteiger partial charge is 0.103 e. The lowest BCUT2D eigenvalue weighted by atomic mass is 10.1. The quantitative estimate of drug-likeness (QED) is 0.660. The Morgan fingerprint density at radius 3 is 3.27 bits per heavy atom. The number of thiazole rings is 1. The molecular formula is C8H9NS2. The lowest BCUT2D eigenvalue weighted by Gasteiger charge is -1.99. The summed E-state index contributed by atoms with van der Waals surface area (Å²) in [6.07, 6.45) is 6.63. The van der Waals surface area contributed by atoms with Crippen LogP contribution in [0.15, 0.2) is 6.08 Å². The summed E-state index contributed by atoms with van der Waals surface area (Å²) < 4.78 is 0. The highest BCUT2D eigenvalue weighted by Crippen LogP contribution is 2.25. The molecule has 0 atom stereocenters. The molecule has 1 heterocycles. The van der Waals surface area contributed by atoms with Gasteiger partial charge in [-0.3, -0.25) is 0 Å². The first kappa shape index (κ1) is 7.37. The highest BCUT2D eigenvalue weighted by Gasteiger charge is 2.09. The number of allylic oxidation sites excluding steroid dienone is 1. The zero-order chi connectivity index (χ0) is 7.68. The summed E-state index contributed by atoms with van der Waals surface area (Å²) in [6, 6.07) is 0. The molecule has 0 N–H and O–H groups in total. The van der Waals surface area contributed by atoms with Gasteiger partial charge in [0.25, 0.3) is 0 Å². The van der Waals surface area contributed by atoms with Gasteiger partial charge < -0.3 is 0 Å². The SMILES string of the molecule is SCc1nc2c(s1)CCC=C2. The van der Waals surface area contributed by atoms with Crippen LogP contribution >= 0.6 is 24.0 Å². The molecule has 11 heavy (non-hydrogen) atoms. The Morgan fingerprint density at radius 2 is 2.55 bits per heavy atom. The lowest BCUT2D eigenvalue weighted by molar-refractivity contribution is 0.999. The third kappa shape index (κ3) is 1.35. The van der Waals surface area contributed by atoms with Gasteiger partial charge in [-0.2, -0.15) is 12.6 Å². The average molecular weight is 183 g/mol. The predicted octanol–water partition coefficient (Wildman–Crippen LogP) is 2.53. The number of fused-ring (bicyclic) bond motifs is 1. The molecule has 58 valence electrons. The highest BCUT2D eigenvalue weighted by atomic mass is 32.1. The van der Waals surface area contributed by atoms with Crippen molar-refractivity contribution in [1.29, 1.82) is 0 Å². The minimum Gasteiger partial charge on any atom is -0.241 e. The number of thiol groups is 1. The first-order chi connectivity index (χ1) is 5.40. The molecule has 1 aromatic heterocycles. The predicted molar refractivity (Wildman–Crippen MR) is 52.2 cm³/mol. The fourth-order valence-corrected chi connectivity index (χ4v) is 2.40. The normalized spacial score (nSPS) is 15.0. The summed E-state index contributed by atoms with van der Waals surface area (Å²) in [5.74, 6) is 0.769. The van der Waals surface area contributed by atoms with Gasteiger partial charge in [0.2, 0.25) is 0 Å². The highest BCUT2D eigenvalue weighted by molar-refractivity contribution is 7.79. The van der Waals surface area contributed by atoms with E-state index in [0.717, 1.165) is 17.2 Å². The van der Waals surface area contributed by atoms with E-state index in [4.69, 9.17) is 0 Å². The largest absolute Gasteiger partial charge is 0.241 e. The van der Waals surface area contributed by atoms with Gasteiger partial charge in [-0.25, -0.2) is 4.98 Å². The summed E-state index contributed by atoms with van der Waals surface area (Å²) in [5, 5.41) is 1.14. The van der Waals surface area contributed by atoms with Crippen molar-refractivity contribution in [2.75, 3.05) is 0 Å². The van der Waals surface area contributed by atoms with Crippen LogP contribution in [0.1, 0.15) is 22.0 Å². The zero-order valence-electron chi connectivity index (χ0n) is 6.08. The Balaban J connectivity index is 2.42. The molecule has 0 unspecified atom stereocenters. The van der Waals surface area contributed by atoms with E-state index in [1.54, 1.807) is 11.3 Å². The molecule has 2 rings (SSSR count). The van der Waals surface area contributed by atoms with Crippen molar-refractivity contribution < 1.29 is 0 Å². The van der Waals surface area contributed by atoms with Crippen LogP contribution in [-0.4, -0.2) is 4.98 Å². The van der Waals surface area contributed by atoms with Gasteiger partial charge in [0, 0.05) is 10.6 Å². The summed E-state index contributed by atoms with van der Waals surface area (Å²) in [7, 11) is 0. The first-order valence-electron chi connectivity index (χ1n) is 3.66. The molecule has 0 aliphatic heterocycles. The van der Waals surface area contributed by atoms with Gasteiger partial charge in [-0.05, 0) is 18.9 Å². The molecule has 0 radical (unpaired) electrons. The van der Waals surface area contributed by atoms with Crippen molar-refractivity contribution in [3.8, 4) is 0 Å². The van der Waals surface area contributed by atoms with Gasteiger partial charge in [-0.1, -0.05) is 6.08 Å². The van der Waals surface area contributed by atoms with E-state index in [2.05, 4.69) is 29.8 Å². The zero-order valence-corrected chi connectivity index (χ0v) is 7.79. The number of hydrogen-bond donors (Lipinski definition) is 1. The van der Waals surface area contributed by atoms with Crippen molar-refractivity contribution in [3.63, 3.8) is 0 Å². The number of hydrogen-bond acceptors (Lipinski definition) is 3. The minimum absolute atomic E-state index is 0.769. The second-order valence-corrected chi connectivity index (χ2v) is 4.00. The third-order valence-electron chi connectivity index (χ3n) is 1.72. The van der Waals surface area contributed by atoms with Crippen LogP contribution in [0.4, 0.5) is 0 Å². The topological polar surface area (TPSA) is 12.9 Å². The molecule has 3 heteroatoms. The van der Waals surface area contributed by atoms with Crippen LogP contribution in [-0.2, 0) is 12.2 Å². The molecule has 0 bridgehead atoms. The van der Waals surface area contributed by atoms with Crippen LogP contribution in [0.2, 0.25) is 0 Å². The van der Waals surface area contributed by atoms with Gasteiger partial charge in [0.15, 0.2) is 0 Å². The fourth-order valence-electron chi connectivity index (χ4n) is 1.20. The maximum atomic E-state index is 4.42. The molecule has 0 aromatic carbocycles. The molecule has 1 nitrogen and oxygen atoms in total. The summed E-state index contributed by atoms with van der Waals surface area (Å²) in [4.78, 5) is 5.85. The molecule has 0 fully saturated rings. The van der Waals surface area contributed by atoms with Gasteiger partial charge in [-0.15, -0.1) is 11.3 Å². The first-order valence-corrected chi connectivity index (χ1v) is 5.11. The van der Waals surface area contributed by atoms with Crippen LogP contribution in [0.25, 0.3) is 6.08 Å². The molecule has 0 saturated carbocycles. The van der Waals surface area contributed by atoms with E-state index in [-0.39, 0.29) is 0 Å². The second kappa shape index (κ2) is 2.99. The summed E-state index contributed by atoms with van der Waals surface area (Å²) in [5.41, 5.74) is 1.17. The average Bonchev–Trinajstić information content (AvgIpc) is 2.46. The van der Waals surface area contributed by atoms with Gasteiger partial charge >= 0.3 is 0 Å². The molecule has 1 aliphatic carbocycles. The van der Waals surface area contributed by atoms with E-state index in [1.807, 2.05) is 0 Å². The van der Waals surface area contributed by atoms with E-state index in [0.29, 0.717) is 0 Å². The van der Waals surface area contributed by atoms with Crippen molar-refractivity contribution in [1.82, 2.24) is 4.98 Å². The standard InChI is InChI=1S/C8H9NS2/c10-5-8-9-6-3-1-2-4-7(6)11-8/h1,3,10H,2,4-5H2. The molecule has 1 aromatic rings. The van der Waals surface area contributed by atoms with Gasteiger partial charge in [0.05, 0.1) is 5.69 Å². The van der Waals surface area contributed by atoms with Crippen LogP contribution in [0.5, 0.6) is 0 Å². The van der Waals surface area contributed by atoms with Crippen LogP contribution in [0.3, 0.4) is 0 Å². The fraction of sp³-hybridized carbons (Fsp3) is 0.375. The van der Waals surface area contributed by atoms with Crippen LogP contribution < -0.4 is 0 Å². The minimum atomic E-state index is 0.769. The monoisotopic (exact) mass is 183 g/mol. The second-order valence-electron chi connectivity index (χ2n) is 2.52. The maximum absolute atomic E-state index is 4.42. The molecule has 0 amide bonds. The van der Waals surface area contributed by atoms with E-state index in [1.165, 1.54) is 17.0 Å². The Labute approximate surface area is 75.6 Å². The molecule has 1 aliphatic rings. The Bertz CT molecular complexity index is 288. The number of aryl methyl sites for hydroxylation is 1. The van der Waals surface area contributed by atoms with Crippen molar-refractivity contribution >= 4 is 30.0 Å². The van der Waals surface area contributed by atoms with Crippen molar-refractivity contribution in [2.45, 2.75) is 18.6 Å². The number of aromatic nitrogens is 1. The maximum Gasteiger partial charge on any atom is 0.103 e. The van der Waals surface area contributed by atoms with E-state index < -0.39 is 0 Å². The Kier molecular flexibility index (Phi) is 2.00. The van der Waals surface area contributed by atoms with Gasteiger partial charge in [0.1, 0.15) is 5.01 Å². The Morgan fingerprint density at radius 1 is 1.64 bits per heavy atom. The molecular weight excluding hydrogens is 174 g/mol. The Hall–Kier alpha value is -0.280. The van der Waals surface area contributed by atoms with E-state index in [9.17, 15) is 0 Å². The molecule has 0 saturated heterocycles. The van der Waals surface area contributed by atoms with Crippen molar-refractivity contribution in [2.24, 2.45) is 0 Å². The third-order valence-corrected chi connectivity index (χ3v) is 3.37. The van der Waals surface area contributed by atoms with Crippen molar-refractivity contribution in [3.05, 3.63) is 21.7 Å². The van der Waals surface area contributed by atoms with Crippen LogP contribution in [0, 0.1) is 0 Å².